The average molecular weight is 630 g/mol. The number of ether oxygens (including phenoxy) is 2. The van der Waals surface area contributed by atoms with E-state index in [4.69, 9.17) is 9.47 Å². The fourth-order valence-electron chi connectivity index (χ4n) is 5.23. The summed E-state index contributed by atoms with van der Waals surface area (Å²) in [7, 11) is 0. The molecule has 242 valence electrons. The Kier molecular flexibility index (Phi) is 10.7. The number of benzene rings is 1. The highest BCUT2D eigenvalue weighted by molar-refractivity contribution is 5.99. The molecule has 2 aliphatic rings. The number of carbonyl (C=O) groups is 6. The lowest BCUT2D eigenvalue weighted by Crippen LogP contribution is -2.56. The minimum atomic E-state index is -1.25. The Morgan fingerprint density at radius 1 is 1.04 bits per heavy atom. The molecular weight excluding hydrogens is 594 g/mol. The van der Waals surface area contributed by atoms with Gasteiger partial charge in [0.25, 0.3) is 11.8 Å². The summed E-state index contributed by atoms with van der Waals surface area (Å²) in [5, 5.41) is 31.6. The van der Waals surface area contributed by atoms with Crippen molar-refractivity contribution in [1.82, 2.24) is 25.0 Å². The molecule has 2 aromatic rings. The van der Waals surface area contributed by atoms with E-state index >= 15 is 0 Å². The van der Waals surface area contributed by atoms with Crippen molar-refractivity contribution in [3.8, 4) is 5.75 Å². The highest BCUT2D eigenvalue weighted by Crippen LogP contribution is 2.26. The Bertz CT molecular complexity index is 1460. The molecule has 4 rings (SSSR count). The van der Waals surface area contributed by atoms with Crippen LogP contribution in [0.3, 0.4) is 0 Å². The standard InChI is InChI=1S/C29H35N5O11/c1-2-44-29(43)33-11-9-32(10-12-33)27(40)20(7-8-25(37)38)31-26(39)21-14-23(18-5-3-4-6-19(18)30-21)45-16-24(36)34-15-17(35)13-22(34)28(41)42/h3-6,14,17,20,22,35H,2,7-13,15-16H2,1H3,(H,31,39)(H,37,38)(H,41,42)/t17-,20?,22-/m1/s1. The minimum absolute atomic E-state index is 0.0919. The zero-order valence-corrected chi connectivity index (χ0v) is 24.6. The summed E-state index contributed by atoms with van der Waals surface area (Å²) in [4.78, 5) is 82.8. The van der Waals surface area contributed by atoms with Gasteiger partial charge in [0.15, 0.2) is 6.61 Å². The Morgan fingerprint density at radius 3 is 2.40 bits per heavy atom. The second-order valence-electron chi connectivity index (χ2n) is 10.6. The number of nitrogens with one attached hydrogen (secondary N) is 1. The van der Waals surface area contributed by atoms with E-state index in [1.807, 2.05) is 0 Å². The summed E-state index contributed by atoms with van der Waals surface area (Å²) in [6, 6.07) is 5.49. The van der Waals surface area contributed by atoms with E-state index in [1.54, 1.807) is 31.2 Å². The number of carbonyl (C=O) groups excluding carboxylic acids is 4. The second-order valence-corrected chi connectivity index (χ2v) is 10.6. The number of carboxylic acid groups (broad SMARTS) is 2. The number of hydrogen-bond donors (Lipinski definition) is 4. The van der Waals surface area contributed by atoms with Crippen LogP contribution in [0.15, 0.2) is 30.3 Å². The number of hydrogen-bond acceptors (Lipinski definition) is 10. The normalized spacial score (nSPS) is 18.8. The molecule has 2 aliphatic heterocycles. The molecule has 1 aromatic heterocycles. The van der Waals surface area contributed by atoms with Crippen molar-refractivity contribution < 1.29 is 53.6 Å². The number of amides is 4. The van der Waals surface area contributed by atoms with E-state index in [0.29, 0.717) is 10.9 Å². The molecule has 3 atom stereocenters. The van der Waals surface area contributed by atoms with Crippen LogP contribution < -0.4 is 10.1 Å². The second kappa shape index (κ2) is 14.7. The van der Waals surface area contributed by atoms with E-state index in [-0.39, 0.29) is 63.6 Å². The van der Waals surface area contributed by atoms with Gasteiger partial charge >= 0.3 is 18.0 Å². The number of para-hydroxylation sites is 1. The maximum atomic E-state index is 13.4. The van der Waals surface area contributed by atoms with Crippen molar-refractivity contribution >= 4 is 46.7 Å². The topological polar surface area (TPSA) is 216 Å². The maximum Gasteiger partial charge on any atom is 0.409 e. The number of likely N-dealkylation sites (tertiary alicyclic amines) is 1. The number of aliphatic hydroxyl groups is 1. The Labute approximate surface area is 257 Å². The summed E-state index contributed by atoms with van der Waals surface area (Å²) in [6.07, 6.45) is -2.18. The van der Waals surface area contributed by atoms with Gasteiger partial charge in [0, 0.05) is 57.0 Å². The highest BCUT2D eigenvalue weighted by atomic mass is 16.6. The number of rotatable bonds is 11. The predicted molar refractivity (Wildman–Crippen MR) is 154 cm³/mol. The molecule has 1 aromatic carbocycles. The summed E-state index contributed by atoms with van der Waals surface area (Å²) in [5.41, 5.74) is 0.160. The van der Waals surface area contributed by atoms with Crippen molar-refractivity contribution in [3.63, 3.8) is 0 Å². The number of pyridine rings is 1. The monoisotopic (exact) mass is 629 g/mol. The van der Waals surface area contributed by atoms with Crippen LogP contribution in [0, 0.1) is 0 Å². The van der Waals surface area contributed by atoms with E-state index in [2.05, 4.69) is 10.3 Å². The van der Waals surface area contributed by atoms with Crippen LogP contribution in [0.5, 0.6) is 5.75 Å². The first kappa shape index (κ1) is 32.9. The number of piperazine rings is 1. The Balaban J connectivity index is 1.50. The van der Waals surface area contributed by atoms with Crippen LogP contribution >= 0.6 is 0 Å². The van der Waals surface area contributed by atoms with Crippen molar-refractivity contribution in [2.24, 2.45) is 0 Å². The van der Waals surface area contributed by atoms with Gasteiger partial charge in [0.05, 0.1) is 18.2 Å². The van der Waals surface area contributed by atoms with Crippen molar-refractivity contribution in [2.75, 3.05) is 45.9 Å². The van der Waals surface area contributed by atoms with Crippen molar-refractivity contribution in [2.45, 2.75) is 44.4 Å². The molecule has 2 fully saturated rings. The summed E-state index contributed by atoms with van der Waals surface area (Å²) >= 11 is 0. The van der Waals surface area contributed by atoms with Gasteiger partial charge in [-0.15, -0.1) is 0 Å². The number of β-amino-alcohol motifs (C(OH)–C–C–N with tert-alkyl or cyclic N) is 1. The summed E-state index contributed by atoms with van der Waals surface area (Å²) in [5.74, 6) is -4.30. The molecule has 4 N–H and O–H groups in total. The van der Waals surface area contributed by atoms with Gasteiger partial charge in [0.1, 0.15) is 23.5 Å². The minimum Gasteiger partial charge on any atom is -0.483 e. The number of aromatic nitrogens is 1. The molecule has 16 nitrogen and oxygen atoms in total. The van der Waals surface area contributed by atoms with E-state index < -0.39 is 67.0 Å². The van der Waals surface area contributed by atoms with Gasteiger partial charge in [-0.05, 0) is 25.5 Å². The molecule has 45 heavy (non-hydrogen) atoms. The molecule has 1 unspecified atom stereocenters. The largest absolute Gasteiger partial charge is 0.483 e. The van der Waals surface area contributed by atoms with Crippen molar-refractivity contribution in [3.05, 3.63) is 36.0 Å². The SMILES string of the molecule is CCOC(=O)N1CCN(C(=O)C(CCC(=O)O)NC(=O)c2cc(OCC(=O)N3C[C@H](O)C[C@@H]3C(=O)O)c3ccccc3n2)CC1. The average Bonchev–Trinajstić information content (AvgIpc) is 3.43. The third kappa shape index (κ3) is 8.14. The fourth-order valence-corrected chi connectivity index (χ4v) is 5.23. The van der Waals surface area contributed by atoms with Crippen LogP contribution in [0.2, 0.25) is 0 Å². The quantitative estimate of drug-likeness (QED) is 0.257. The lowest BCUT2D eigenvalue weighted by Gasteiger charge is -2.35. The summed E-state index contributed by atoms with van der Waals surface area (Å²) < 4.78 is 10.7. The molecule has 0 bridgehead atoms. The molecule has 3 heterocycles. The first-order chi connectivity index (χ1) is 21.5. The molecule has 4 amide bonds. The molecule has 0 saturated carbocycles. The van der Waals surface area contributed by atoms with E-state index in [9.17, 15) is 44.1 Å². The molecule has 16 heteroatoms. The van der Waals surface area contributed by atoms with E-state index in [0.717, 1.165) is 4.90 Å². The zero-order valence-electron chi connectivity index (χ0n) is 24.6. The molecule has 0 spiro atoms. The zero-order chi connectivity index (χ0) is 32.7. The molecular formula is C29H35N5O11. The molecule has 0 radical (unpaired) electrons. The van der Waals surface area contributed by atoms with Gasteiger partial charge < -0.3 is 44.8 Å². The first-order valence-electron chi connectivity index (χ1n) is 14.4. The Morgan fingerprint density at radius 2 is 1.73 bits per heavy atom. The van der Waals surface area contributed by atoms with Crippen LogP contribution in [0.25, 0.3) is 10.9 Å². The maximum absolute atomic E-state index is 13.4. The first-order valence-corrected chi connectivity index (χ1v) is 14.4. The Hall–Kier alpha value is -4.99. The predicted octanol–water partition coefficient (Wildman–Crippen LogP) is -0.0761. The van der Waals surface area contributed by atoms with Gasteiger partial charge in [-0.3, -0.25) is 19.2 Å². The lowest BCUT2D eigenvalue weighted by atomic mass is 10.1. The van der Waals surface area contributed by atoms with Gasteiger partial charge in [-0.2, -0.15) is 0 Å². The van der Waals surface area contributed by atoms with Gasteiger partial charge in [-0.1, -0.05) is 12.1 Å². The molecule has 2 saturated heterocycles. The third-order valence-electron chi connectivity index (χ3n) is 7.51. The van der Waals surface area contributed by atoms with Crippen LogP contribution in [0.4, 0.5) is 4.79 Å². The number of nitrogens with zero attached hydrogens (tertiary/aromatic N) is 4. The fraction of sp³-hybridized carbons (Fsp3) is 0.483. The number of aliphatic carboxylic acids is 2. The van der Waals surface area contributed by atoms with Crippen LogP contribution in [-0.4, -0.2) is 135 Å². The number of fused-ring (bicyclic) bond motifs is 1. The van der Waals surface area contributed by atoms with Crippen LogP contribution in [0.1, 0.15) is 36.7 Å². The van der Waals surface area contributed by atoms with E-state index in [1.165, 1.54) is 15.9 Å². The smallest absolute Gasteiger partial charge is 0.409 e. The number of carboxylic acids is 2. The highest BCUT2D eigenvalue weighted by Gasteiger charge is 2.39. The van der Waals surface area contributed by atoms with Crippen molar-refractivity contribution in [1.29, 1.82) is 0 Å². The van der Waals surface area contributed by atoms with Gasteiger partial charge in [0.2, 0.25) is 5.91 Å². The van der Waals surface area contributed by atoms with Gasteiger partial charge in [-0.25, -0.2) is 14.6 Å². The number of aliphatic hydroxyl groups excluding tert-OH is 1. The molecule has 0 aliphatic carbocycles. The van der Waals surface area contributed by atoms with Crippen LogP contribution in [-0.2, 0) is 23.9 Å². The lowest BCUT2D eigenvalue weighted by molar-refractivity contribution is -0.149. The third-order valence-corrected chi connectivity index (χ3v) is 7.51. The summed E-state index contributed by atoms with van der Waals surface area (Å²) in [6.45, 7) is 1.89.